The number of rotatable bonds is 4. The van der Waals surface area contributed by atoms with Crippen molar-refractivity contribution in [3.63, 3.8) is 0 Å². The molecule has 8 heteroatoms. The van der Waals surface area contributed by atoms with Crippen LogP contribution in [0.5, 0.6) is 5.75 Å². The highest BCUT2D eigenvalue weighted by atomic mass is 79.9. The number of nitrogen functional groups attached to an aromatic ring is 1. The molecule has 0 amide bonds. The summed E-state index contributed by atoms with van der Waals surface area (Å²) >= 11 is 3.05. The summed E-state index contributed by atoms with van der Waals surface area (Å²) in [6, 6.07) is 2.10. The molecule has 1 rings (SSSR count). The molecule has 0 heterocycles. The Balaban J connectivity index is 2.94. The highest BCUT2D eigenvalue weighted by Crippen LogP contribution is 2.32. The Morgan fingerprint density at radius 1 is 1.42 bits per heavy atom. The molecule has 0 atom stereocenters. The van der Waals surface area contributed by atoms with Crippen LogP contribution in [0.2, 0.25) is 0 Å². The summed E-state index contributed by atoms with van der Waals surface area (Å²) in [5.41, 5.74) is 5.97. The van der Waals surface area contributed by atoms with Gasteiger partial charge in [0, 0.05) is 21.8 Å². The minimum atomic E-state index is -4.80. The van der Waals surface area contributed by atoms with Crippen LogP contribution in [0.25, 0.3) is 0 Å². The van der Waals surface area contributed by atoms with Crippen molar-refractivity contribution in [3.8, 4) is 5.75 Å². The van der Waals surface area contributed by atoms with Crippen molar-refractivity contribution in [1.29, 1.82) is 0 Å². The van der Waals surface area contributed by atoms with Gasteiger partial charge < -0.3 is 15.2 Å². The van der Waals surface area contributed by atoms with E-state index in [4.69, 9.17) is 10.5 Å². The Labute approximate surface area is 115 Å². The van der Waals surface area contributed by atoms with Crippen molar-refractivity contribution in [3.05, 3.63) is 22.2 Å². The molecule has 0 radical (unpaired) electrons. The first-order valence-electron chi connectivity index (χ1n) is 5.22. The molecule has 0 aliphatic carbocycles. The van der Waals surface area contributed by atoms with Crippen molar-refractivity contribution >= 4 is 27.6 Å². The Hall–Kier alpha value is -1.44. The number of nitrogens with two attached hydrogens (primary N) is 1. The van der Waals surface area contributed by atoms with Crippen LogP contribution in [0.3, 0.4) is 0 Å². The van der Waals surface area contributed by atoms with Gasteiger partial charge >= 0.3 is 12.3 Å². The van der Waals surface area contributed by atoms with Crippen molar-refractivity contribution in [2.24, 2.45) is 0 Å². The predicted octanol–water partition coefficient (Wildman–Crippen LogP) is 3.04. The zero-order valence-electron chi connectivity index (χ0n) is 9.88. The third-order valence-corrected chi connectivity index (χ3v) is 2.77. The van der Waals surface area contributed by atoms with E-state index in [1.807, 2.05) is 0 Å². The molecule has 0 aromatic heterocycles. The minimum absolute atomic E-state index is 0.0154. The first kappa shape index (κ1) is 15.6. The van der Waals surface area contributed by atoms with Gasteiger partial charge in [-0.25, -0.2) is 0 Å². The number of ether oxygens (including phenoxy) is 2. The Kier molecular flexibility index (Phi) is 5.04. The number of carbonyl (C=O) groups is 1. The van der Waals surface area contributed by atoms with Crippen LogP contribution in [-0.2, 0) is 16.0 Å². The monoisotopic (exact) mass is 341 g/mol. The van der Waals surface area contributed by atoms with Crippen molar-refractivity contribution < 1.29 is 27.4 Å². The van der Waals surface area contributed by atoms with Gasteiger partial charge in [-0.05, 0) is 13.0 Å². The quantitative estimate of drug-likeness (QED) is 0.675. The third-order valence-electron chi connectivity index (χ3n) is 2.06. The van der Waals surface area contributed by atoms with Crippen LogP contribution >= 0.6 is 15.9 Å². The van der Waals surface area contributed by atoms with Crippen LogP contribution in [0, 0.1) is 0 Å². The fourth-order valence-electron chi connectivity index (χ4n) is 1.37. The average Bonchev–Trinajstić information content (AvgIpc) is 2.21. The van der Waals surface area contributed by atoms with Crippen LogP contribution in [0.15, 0.2) is 16.6 Å². The lowest BCUT2D eigenvalue weighted by molar-refractivity contribution is -0.274. The number of benzene rings is 1. The van der Waals surface area contributed by atoms with E-state index in [-0.39, 0.29) is 23.2 Å². The number of alkyl halides is 3. The first-order chi connectivity index (χ1) is 8.73. The molecule has 2 N–H and O–H groups in total. The lowest BCUT2D eigenvalue weighted by Crippen LogP contribution is -2.17. The van der Waals surface area contributed by atoms with Crippen LogP contribution < -0.4 is 10.5 Å². The van der Waals surface area contributed by atoms with Crippen LogP contribution in [-0.4, -0.2) is 18.9 Å². The lowest BCUT2D eigenvalue weighted by atomic mass is 10.1. The summed E-state index contributed by atoms with van der Waals surface area (Å²) in [6.45, 7) is 1.86. The zero-order valence-corrected chi connectivity index (χ0v) is 11.5. The topological polar surface area (TPSA) is 61.5 Å². The molecule has 1 aromatic rings. The number of hydrogen-bond acceptors (Lipinski definition) is 4. The first-order valence-corrected chi connectivity index (χ1v) is 6.01. The van der Waals surface area contributed by atoms with E-state index in [9.17, 15) is 18.0 Å². The maximum Gasteiger partial charge on any atom is 0.573 e. The molecule has 0 saturated heterocycles. The zero-order chi connectivity index (χ0) is 14.6. The second-order valence-corrected chi connectivity index (χ2v) is 4.36. The summed E-state index contributed by atoms with van der Waals surface area (Å²) in [6.07, 6.45) is -4.93. The summed E-state index contributed by atoms with van der Waals surface area (Å²) < 4.78 is 44.9. The highest BCUT2D eigenvalue weighted by Gasteiger charge is 2.31. The van der Waals surface area contributed by atoms with E-state index in [0.717, 1.165) is 12.1 Å². The molecule has 0 saturated carbocycles. The highest BCUT2D eigenvalue weighted by molar-refractivity contribution is 9.10. The van der Waals surface area contributed by atoms with Gasteiger partial charge in [0.2, 0.25) is 0 Å². The van der Waals surface area contributed by atoms with Crippen molar-refractivity contribution in [2.45, 2.75) is 19.7 Å². The van der Waals surface area contributed by atoms with E-state index in [1.165, 1.54) is 0 Å². The standard InChI is InChI=1S/C11H11BrF3NO3/c1-2-18-10(17)5-7-8(12)3-6(4-9(7)16)19-11(13,14)15/h3-4H,2,5,16H2,1H3. The Morgan fingerprint density at radius 3 is 2.53 bits per heavy atom. The summed E-state index contributed by atoms with van der Waals surface area (Å²) in [7, 11) is 0. The van der Waals surface area contributed by atoms with Gasteiger partial charge in [-0.3, -0.25) is 4.79 Å². The molecule has 4 nitrogen and oxygen atoms in total. The normalized spacial score (nSPS) is 11.2. The molecular formula is C11H11BrF3NO3. The van der Waals surface area contributed by atoms with Gasteiger partial charge in [-0.2, -0.15) is 0 Å². The van der Waals surface area contributed by atoms with Crippen molar-refractivity contribution in [1.82, 2.24) is 0 Å². The molecule has 0 unspecified atom stereocenters. The molecule has 0 fully saturated rings. The Bertz CT molecular complexity index is 454. The van der Waals surface area contributed by atoms with Gasteiger partial charge in [-0.1, -0.05) is 15.9 Å². The third kappa shape index (κ3) is 4.98. The van der Waals surface area contributed by atoms with E-state index >= 15 is 0 Å². The predicted molar refractivity (Wildman–Crippen MR) is 65.6 cm³/mol. The van der Waals surface area contributed by atoms with E-state index < -0.39 is 18.1 Å². The van der Waals surface area contributed by atoms with Gasteiger partial charge in [0.25, 0.3) is 0 Å². The maximum atomic E-state index is 12.1. The molecule has 0 spiro atoms. The summed E-state index contributed by atoms with van der Waals surface area (Å²) in [5.74, 6) is -0.969. The SMILES string of the molecule is CCOC(=O)Cc1c(N)cc(OC(F)(F)F)cc1Br. The summed E-state index contributed by atoms with van der Waals surface area (Å²) in [5, 5.41) is 0. The van der Waals surface area contributed by atoms with Crippen LogP contribution in [0.1, 0.15) is 12.5 Å². The van der Waals surface area contributed by atoms with E-state index in [0.29, 0.717) is 5.56 Å². The molecule has 0 aliphatic heterocycles. The van der Waals surface area contributed by atoms with Crippen LogP contribution in [0.4, 0.5) is 18.9 Å². The fourth-order valence-corrected chi connectivity index (χ4v) is 1.96. The maximum absolute atomic E-state index is 12.1. The smallest absolute Gasteiger partial charge is 0.466 e. The molecule has 0 bridgehead atoms. The molecular weight excluding hydrogens is 331 g/mol. The summed E-state index contributed by atoms with van der Waals surface area (Å²) in [4.78, 5) is 11.3. The van der Waals surface area contributed by atoms with E-state index in [1.54, 1.807) is 6.92 Å². The van der Waals surface area contributed by atoms with Gasteiger partial charge in [-0.15, -0.1) is 13.2 Å². The number of carbonyl (C=O) groups excluding carboxylic acids is 1. The fraction of sp³-hybridized carbons (Fsp3) is 0.364. The van der Waals surface area contributed by atoms with Gasteiger partial charge in [0.1, 0.15) is 5.75 Å². The molecule has 0 aliphatic rings. The molecule has 106 valence electrons. The minimum Gasteiger partial charge on any atom is -0.466 e. The van der Waals surface area contributed by atoms with E-state index in [2.05, 4.69) is 20.7 Å². The van der Waals surface area contributed by atoms with Gasteiger partial charge in [0.05, 0.1) is 13.0 Å². The Morgan fingerprint density at radius 2 is 2.05 bits per heavy atom. The second-order valence-electron chi connectivity index (χ2n) is 3.50. The second kappa shape index (κ2) is 6.14. The largest absolute Gasteiger partial charge is 0.573 e. The number of esters is 1. The number of anilines is 1. The number of halogens is 4. The van der Waals surface area contributed by atoms with Gasteiger partial charge in [0.15, 0.2) is 0 Å². The average molecular weight is 342 g/mol. The molecule has 1 aromatic carbocycles. The number of hydrogen-bond donors (Lipinski definition) is 1. The van der Waals surface area contributed by atoms with Crippen molar-refractivity contribution in [2.75, 3.05) is 12.3 Å². The molecule has 19 heavy (non-hydrogen) atoms. The lowest BCUT2D eigenvalue weighted by Gasteiger charge is -2.13.